The minimum Gasteiger partial charge on any atom is -0.507 e. The maximum Gasteiger partial charge on any atom is 0.132 e. The summed E-state index contributed by atoms with van der Waals surface area (Å²) in [7, 11) is 0. The van der Waals surface area contributed by atoms with Crippen molar-refractivity contribution >= 4 is 34.0 Å². The number of phenolic OH excluding ortho intramolecular Hbond substituents is 2. The van der Waals surface area contributed by atoms with Crippen LogP contribution in [0.15, 0.2) is 82.8 Å². The molecule has 4 heteroatoms. The molecule has 0 radical (unpaired) electrons. The highest BCUT2D eigenvalue weighted by molar-refractivity contribution is 5.98. The predicted molar refractivity (Wildman–Crippen MR) is 149 cm³/mol. The van der Waals surface area contributed by atoms with Gasteiger partial charge in [0.1, 0.15) is 11.5 Å². The first-order valence-electron chi connectivity index (χ1n) is 12.9. The predicted octanol–water partition coefficient (Wildman–Crippen LogP) is 7.14. The summed E-state index contributed by atoms with van der Waals surface area (Å²) in [6, 6.07) is 23.6. The van der Waals surface area contributed by atoms with Crippen molar-refractivity contribution in [3.05, 3.63) is 83.9 Å². The van der Waals surface area contributed by atoms with Crippen molar-refractivity contribution in [1.82, 2.24) is 0 Å². The van der Waals surface area contributed by atoms with Gasteiger partial charge in [0.05, 0.1) is 12.1 Å². The lowest BCUT2D eigenvalue weighted by molar-refractivity contribution is -0.112. The van der Waals surface area contributed by atoms with Crippen molar-refractivity contribution in [3.8, 4) is 11.5 Å². The number of aromatic hydroxyl groups is 2. The van der Waals surface area contributed by atoms with Crippen molar-refractivity contribution in [2.45, 2.75) is 38.6 Å². The fourth-order valence-electron chi connectivity index (χ4n) is 6.65. The second-order valence-corrected chi connectivity index (χ2v) is 11.1. The van der Waals surface area contributed by atoms with Gasteiger partial charge in [-0.25, -0.2) is 0 Å². The summed E-state index contributed by atoms with van der Waals surface area (Å²) in [5.74, 6) is 1.72. The summed E-state index contributed by atoms with van der Waals surface area (Å²) < 4.78 is 0. The van der Waals surface area contributed by atoms with Crippen LogP contribution in [0.25, 0.3) is 21.5 Å². The molecular formula is C32H32N2O2. The molecular weight excluding hydrogens is 444 g/mol. The van der Waals surface area contributed by atoms with Crippen molar-refractivity contribution in [2.24, 2.45) is 27.2 Å². The molecule has 3 aliphatic carbocycles. The van der Waals surface area contributed by atoms with Crippen molar-refractivity contribution < 1.29 is 10.2 Å². The van der Waals surface area contributed by atoms with Crippen molar-refractivity contribution in [1.29, 1.82) is 0 Å². The summed E-state index contributed by atoms with van der Waals surface area (Å²) in [5.41, 5.74) is 1.37. The highest BCUT2D eigenvalue weighted by atomic mass is 16.3. The summed E-state index contributed by atoms with van der Waals surface area (Å²) in [6.45, 7) is 5.29. The Morgan fingerprint density at radius 3 is 1.97 bits per heavy atom. The molecule has 0 saturated heterocycles. The third kappa shape index (κ3) is 3.59. The molecule has 4 aromatic carbocycles. The lowest BCUT2D eigenvalue weighted by Gasteiger charge is -2.63. The van der Waals surface area contributed by atoms with Gasteiger partial charge < -0.3 is 10.2 Å². The molecule has 2 N–H and O–H groups in total. The van der Waals surface area contributed by atoms with Gasteiger partial charge in [-0.15, -0.1) is 0 Å². The van der Waals surface area contributed by atoms with Crippen LogP contribution in [0.5, 0.6) is 11.5 Å². The third-order valence-corrected chi connectivity index (χ3v) is 8.96. The Labute approximate surface area is 212 Å². The molecule has 0 amide bonds. The summed E-state index contributed by atoms with van der Waals surface area (Å²) in [5, 5.41) is 25.5. The molecule has 7 rings (SSSR count). The SMILES string of the molecule is CC1(C)C2C[C@@H]1CCC2(CN=Cc1ccc2ccccc2c1O)N=Cc1ccc2ccccc2c1O. The van der Waals surface area contributed by atoms with Crippen LogP contribution in [0.3, 0.4) is 0 Å². The van der Waals surface area contributed by atoms with Gasteiger partial charge in [0.2, 0.25) is 0 Å². The summed E-state index contributed by atoms with van der Waals surface area (Å²) >= 11 is 0. The van der Waals surface area contributed by atoms with Crippen LogP contribution in [0.4, 0.5) is 0 Å². The van der Waals surface area contributed by atoms with Gasteiger partial charge >= 0.3 is 0 Å². The molecule has 182 valence electrons. The van der Waals surface area contributed by atoms with Gasteiger partial charge in [-0.1, -0.05) is 74.5 Å². The zero-order valence-electron chi connectivity index (χ0n) is 20.9. The molecule has 2 bridgehead atoms. The average molecular weight is 477 g/mol. The Balaban J connectivity index is 1.34. The van der Waals surface area contributed by atoms with E-state index in [0.717, 1.165) is 51.4 Å². The van der Waals surface area contributed by atoms with E-state index in [1.165, 1.54) is 6.42 Å². The number of nitrogens with zero attached hydrogens (tertiary/aromatic N) is 2. The third-order valence-electron chi connectivity index (χ3n) is 8.96. The van der Waals surface area contributed by atoms with Crippen LogP contribution in [0, 0.1) is 17.3 Å². The van der Waals surface area contributed by atoms with Crippen molar-refractivity contribution in [2.75, 3.05) is 6.54 Å². The molecule has 0 spiro atoms. The van der Waals surface area contributed by atoms with E-state index in [1.54, 1.807) is 6.21 Å². The van der Waals surface area contributed by atoms with E-state index >= 15 is 0 Å². The van der Waals surface area contributed by atoms with Crippen LogP contribution < -0.4 is 0 Å². The molecule has 0 aliphatic heterocycles. The molecule has 4 aromatic rings. The van der Waals surface area contributed by atoms with E-state index in [0.29, 0.717) is 12.5 Å². The molecule has 4 nitrogen and oxygen atoms in total. The Morgan fingerprint density at radius 2 is 1.39 bits per heavy atom. The smallest absolute Gasteiger partial charge is 0.132 e. The molecule has 3 atom stereocenters. The first-order chi connectivity index (χ1) is 17.4. The second kappa shape index (κ2) is 8.48. The Morgan fingerprint density at radius 1 is 0.806 bits per heavy atom. The number of benzene rings is 4. The molecule has 3 aliphatic rings. The van der Waals surface area contributed by atoms with Crippen molar-refractivity contribution in [3.63, 3.8) is 0 Å². The lowest BCUT2D eigenvalue weighted by atomic mass is 9.43. The van der Waals surface area contributed by atoms with Crippen LogP contribution in [0.1, 0.15) is 44.2 Å². The highest BCUT2D eigenvalue weighted by Gasteiger charge is 2.61. The molecule has 2 unspecified atom stereocenters. The van der Waals surface area contributed by atoms with Gasteiger partial charge in [0.25, 0.3) is 0 Å². The number of phenols is 2. The van der Waals surface area contributed by atoms with Crippen LogP contribution >= 0.6 is 0 Å². The first-order valence-corrected chi connectivity index (χ1v) is 12.9. The van der Waals surface area contributed by atoms with E-state index < -0.39 is 0 Å². The second-order valence-electron chi connectivity index (χ2n) is 11.1. The Bertz CT molecular complexity index is 1520. The zero-order chi connectivity index (χ0) is 24.9. The fraction of sp³-hybridized carbons (Fsp3) is 0.312. The van der Waals surface area contributed by atoms with E-state index in [9.17, 15) is 10.2 Å². The molecule has 0 aromatic heterocycles. The van der Waals surface area contributed by atoms with Gasteiger partial charge in [-0.3, -0.25) is 9.98 Å². The minimum absolute atomic E-state index is 0.224. The van der Waals surface area contributed by atoms with E-state index in [-0.39, 0.29) is 22.5 Å². The van der Waals surface area contributed by atoms with Crippen LogP contribution in [0.2, 0.25) is 0 Å². The average Bonchev–Trinajstić information content (AvgIpc) is 2.90. The van der Waals surface area contributed by atoms with Crippen LogP contribution in [-0.4, -0.2) is 34.7 Å². The normalized spacial score (nSPS) is 25.1. The number of rotatable bonds is 5. The zero-order valence-corrected chi connectivity index (χ0v) is 20.9. The number of hydrogen-bond donors (Lipinski definition) is 2. The Kier molecular flexibility index (Phi) is 5.36. The fourth-order valence-corrected chi connectivity index (χ4v) is 6.65. The first kappa shape index (κ1) is 22.8. The standard InChI is InChI=1S/C32H32N2O2/c1-31(2)25-15-16-32(28(31)17-25,34-19-24-14-12-22-8-4-6-10-27(22)30(24)36)20-33-18-23-13-11-21-7-3-5-9-26(21)29(23)35/h3-14,18-19,25,28,35-36H,15-17,20H2,1-2H3/t25-,28?,32?/m0/s1. The molecule has 36 heavy (non-hydrogen) atoms. The van der Waals surface area contributed by atoms with Gasteiger partial charge in [0.15, 0.2) is 0 Å². The monoisotopic (exact) mass is 476 g/mol. The van der Waals surface area contributed by atoms with E-state index in [1.807, 2.05) is 79.0 Å². The van der Waals surface area contributed by atoms with Gasteiger partial charge in [-0.05, 0) is 59.4 Å². The maximum atomic E-state index is 10.9. The topological polar surface area (TPSA) is 65.2 Å². The van der Waals surface area contributed by atoms with Gasteiger partial charge in [0, 0.05) is 34.3 Å². The number of fused-ring (bicyclic) bond motifs is 4. The molecule has 3 fully saturated rings. The van der Waals surface area contributed by atoms with E-state index in [4.69, 9.17) is 9.98 Å². The number of aliphatic imine (C=N–C) groups is 2. The van der Waals surface area contributed by atoms with Gasteiger partial charge in [-0.2, -0.15) is 0 Å². The Hall–Kier alpha value is -3.66. The highest BCUT2D eigenvalue weighted by Crippen LogP contribution is 2.64. The van der Waals surface area contributed by atoms with E-state index in [2.05, 4.69) is 13.8 Å². The summed E-state index contributed by atoms with van der Waals surface area (Å²) in [4.78, 5) is 10.1. The minimum atomic E-state index is -0.320. The molecule has 0 heterocycles. The quantitative estimate of drug-likeness (QED) is 0.301. The van der Waals surface area contributed by atoms with Crippen LogP contribution in [-0.2, 0) is 0 Å². The number of hydrogen-bond acceptors (Lipinski definition) is 4. The molecule has 3 saturated carbocycles. The maximum absolute atomic E-state index is 10.9. The lowest BCUT2D eigenvalue weighted by Crippen LogP contribution is -2.61. The largest absolute Gasteiger partial charge is 0.507 e. The summed E-state index contributed by atoms with van der Waals surface area (Å²) in [6.07, 6.45) is 6.95.